The van der Waals surface area contributed by atoms with E-state index in [4.69, 9.17) is 0 Å². The van der Waals surface area contributed by atoms with Crippen LogP contribution in [0.1, 0.15) is 19.8 Å². The number of carbonyl (C=O) groups is 2. The van der Waals surface area contributed by atoms with Crippen molar-refractivity contribution in [1.82, 2.24) is 15.1 Å². The number of hydrogen-bond acceptors (Lipinski definition) is 3. The maximum atomic E-state index is 12.1. The van der Waals surface area contributed by atoms with Gasteiger partial charge in [-0.1, -0.05) is 0 Å². The summed E-state index contributed by atoms with van der Waals surface area (Å²) in [5.41, 5.74) is 1.94. The summed E-state index contributed by atoms with van der Waals surface area (Å²) in [4.78, 5) is 27.4. The van der Waals surface area contributed by atoms with Gasteiger partial charge in [-0.25, -0.2) is 0 Å². The van der Waals surface area contributed by atoms with E-state index in [0.29, 0.717) is 0 Å². The van der Waals surface area contributed by atoms with E-state index in [0.717, 1.165) is 50.2 Å². The molecule has 0 aromatic heterocycles. The van der Waals surface area contributed by atoms with E-state index in [-0.39, 0.29) is 18.4 Å². The van der Waals surface area contributed by atoms with Crippen LogP contribution >= 0.6 is 0 Å². The second-order valence-electron chi connectivity index (χ2n) is 5.08. The van der Waals surface area contributed by atoms with Crippen molar-refractivity contribution in [3.63, 3.8) is 0 Å². The molecule has 5 nitrogen and oxygen atoms in total. The topological polar surface area (TPSA) is 52.7 Å². The molecule has 0 aromatic rings. The fraction of sp³-hybridized carbons (Fsp3) is 0.692. The second-order valence-corrected chi connectivity index (χ2v) is 5.08. The van der Waals surface area contributed by atoms with E-state index in [9.17, 15) is 9.59 Å². The standard InChI is InChI=1S/C13H21N3O2/c1-10(11-7-14-8-11)13(18)15(2)9-12(17)16-5-3-4-6-16/h14H,3-9H2,1-2H3. The lowest BCUT2D eigenvalue weighted by molar-refractivity contribution is -0.136. The number of carbonyl (C=O) groups excluding carboxylic acids is 2. The zero-order valence-corrected chi connectivity index (χ0v) is 11.2. The average molecular weight is 251 g/mol. The molecular formula is C13H21N3O2. The lowest BCUT2D eigenvalue weighted by Gasteiger charge is -2.25. The molecule has 2 saturated heterocycles. The molecule has 0 atom stereocenters. The van der Waals surface area contributed by atoms with Gasteiger partial charge in [0.2, 0.25) is 11.8 Å². The van der Waals surface area contributed by atoms with Crippen molar-refractivity contribution in [1.29, 1.82) is 0 Å². The Morgan fingerprint density at radius 2 is 1.89 bits per heavy atom. The zero-order valence-electron chi connectivity index (χ0n) is 11.2. The smallest absolute Gasteiger partial charge is 0.249 e. The molecule has 2 rings (SSSR count). The third kappa shape index (κ3) is 2.72. The molecule has 18 heavy (non-hydrogen) atoms. The van der Waals surface area contributed by atoms with Crippen molar-refractivity contribution < 1.29 is 9.59 Å². The zero-order chi connectivity index (χ0) is 13.1. The van der Waals surface area contributed by atoms with Gasteiger partial charge in [0.1, 0.15) is 0 Å². The van der Waals surface area contributed by atoms with Crippen LogP contribution in [0.25, 0.3) is 0 Å². The molecular weight excluding hydrogens is 230 g/mol. The number of nitrogens with zero attached hydrogens (tertiary/aromatic N) is 2. The van der Waals surface area contributed by atoms with Crippen LogP contribution in [0.4, 0.5) is 0 Å². The van der Waals surface area contributed by atoms with E-state index in [1.165, 1.54) is 4.90 Å². The highest BCUT2D eigenvalue weighted by atomic mass is 16.2. The number of likely N-dealkylation sites (tertiary alicyclic amines) is 1. The van der Waals surface area contributed by atoms with Crippen molar-refractivity contribution in [2.24, 2.45) is 0 Å². The molecule has 2 fully saturated rings. The van der Waals surface area contributed by atoms with Gasteiger partial charge in [-0.05, 0) is 25.3 Å². The van der Waals surface area contributed by atoms with E-state index in [1.54, 1.807) is 7.05 Å². The Balaban J connectivity index is 1.88. The van der Waals surface area contributed by atoms with Crippen molar-refractivity contribution in [2.75, 3.05) is 39.8 Å². The van der Waals surface area contributed by atoms with Crippen LogP contribution in [0.5, 0.6) is 0 Å². The van der Waals surface area contributed by atoms with Crippen LogP contribution < -0.4 is 5.32 Å². The van der Waals surface area contributed by atoms with E-state index < -0.39 is 0 Å². The first-order valence-corrected chi connectivity index (χ1v) is 6.52. The molecule has 5 heteroatoms. The van der Waals surface area contributed by atoms with Gasteiger partial charge in [0, 0.05) is 38.8 Å². The van der Waals surface area contributed by atoms with E-state index in [2.05, 4.69) is 5.32 Å². The van der Waals surface area contributed by atoms with Crippen molar-refractivity contribution in [3.8, 4) is 0 Å². The SMILES string of the molecule is CC(C(=O)N(C)CC(=O)N1CCCC1)=C1CNC1. The summed E-state index contributed by atoms with van der Waals surface area (Å²) in [7, 11) is 1.70. The van der Waals surface area contributed by atoms with Gasteiger partial charge in [-0.15, -0.1) is 0 Å². The predicted octanol–water partition coefficient (Wildman–Crippen LogP) is -0.0131. The van der Waals surface area contributed by atoms with Crippen LogP contribution in [-0.2, 0) is 9.59 Å². The Kier molecular flexibility index (Phi) is 4.01. The van der Waals surface area contributed by atoms with Gasteiger partial charge in [0.25, 0.3) is 0 Å². The normalized spacial score (nSPS) is 18.6. The van der Waals surface area contributed by atoms with Gasteiger partial charge in [0.05, 0.1) is 6.54 Å². The van der Waals surface area contributed by atoms with Crippen LogP contribution in [0, 0.1) is 0 Å². The molecule has 2 amide bonds. The third-order valence-corrected chi connectivity index (χ3v) is 3.71. The molecule has 0 aromatic carbocycles. The molecule has 0 saturated carbocycles. The van der Waals surface area contributed by atoms with Gasteiger partial charge in [-0.3, -0.25) is 9.59 Å². The Bertz CT molecular complexity index is 378. The molecule has 100 valence electrons. The summed E-state index contributed by atoms with van der Waals surface area (Å²) in [6, 6.07) is 0. The highest BCUT2D eigenvalue weighted by Crippen LogP contribution is 2.12. The Labute approximate surface area is 108 Å². The first-order valence-electron chi connectivity index (χ1n) is 6.52. The fourth-order valence-corrected chi connectivity index (χ4v) is 2.29. The van der Waals surface area contributed by atoms with Crippen molar-refractivity contribution in [3.05, 3.63) is 11.1 Å². The number of amides is 2. The summed E-state index contributed by atoms with van der Waals surface area (Å²) in [5.74, 6) is 0.0342. The lowest BCUT2D eigenvalue weighted by Crippen LogP contribution is -2.42. The minimum Gasteiger partial charge on any atom is -0.341 e. The van der Waals surface area contributed by atoms with E-state index >= 15 is 0 Å². The maximum absolute atomic E-state index is 12.1. The summed E-state index contributed by atoms with van der Waals surface area (Å²) in [6.07, 6.45) is 2.16. The van der Waals surface area contributed by atoms with Crippen LogP contribution in [0.3, 0.4) is 0 Å². The van der Waals surface area contributed by atoms with Gasteiger partial charge in [-0.2, -0.15) is 0 Å². The molecule has 2 aliphatic rings. The molecule has 0 radical (unpaired) electrons. The number of hydrogen-bond donors (Lipinski definition) is 1. The van der Waals surface area contributed by atoms with Crippen LogP contribution in [-0.4, -0.2) is 61.4 Å². The van der Waals surface area contributed by atoms with Crippen LogP contribution in [0.15, 0.2) is 11.1 Å². The summed E-state index contributed by atoms with van der Waals surface area (Å²) < 4.78 is 0. The maximum Gasteiger partial charge on any atom is 0.249 e. The van der Waals surface area contributed by atoms with Crippen molar-refractivity contribution >= 4 is 11.8 Å². The summed E-state index contributed by atoms with van der Waals surface area (Å²) in [6.45, 7) is 5.30. The van der Waals surface area contributed by atoms with Gasteiger partial charge in [0.15, 0.2) is 0 Å². The van der Waals surface area contributed by atoms with Gasteiger partial charge >= 0.3 is 0 Å². The first kappa shape index (κ1) is 13.1. The lowest BCUT2D eigenvalue weighted by atomic mass is 10.0. The predicted molar refractivity (Wildman–Crippen MR) is 69.0 cm³/mol. The van der Waals surface area contributed by atoms with Gasteiger partial charge < -0.3 is 15.1 Å². The van der Waals surface area contributed by atoms with E-state index in [1.807, 2.05) is 11.8 Å². The second kappa shape index (κ2) is 5.52. The Morgan fingerprint density at radius 3 is 2.39 bits per heavy atom. The largest absolute Gasteiger partial charge is 0.341 e. The number of nitrogens with one attached hydrogen (secondary N) is 1. The minimum absolute atomic E-state index is 0.0287. The number of rotatable bonds is 3. The highest BCUT2D eigenvalue weighted by molar-refractivity contribution is 5.96. The quantitative estimate of drug-likeness (QED) is 0.718. The molecule has 2 aliphatic heterocycles. The summed E-state index contributed by atoms with van der Waals surface area (Å²) >= 11 is 0. The molecule has 0 spiro atoms. The van der Waals surface area contributed by atoms with Crippen LogP contribution in [0.2, 0.25) is 0 Å². The minimum atomic E-state index is -0.0287. The monoisotopic (exact) mass is 251 g/mol. The summed E-state index contributed by atoms with van der Waals surface area (Å²) in [5, 5.41) is 3.12. The average Bonchev–Trinajstić information content (AvgIpc) is 2.78. The Morgan fingerprint density at radius 1 is 1.28 bits per heavy atom. The molecule has 2 heterocycles. The fourth-order valence-electron chi connectivity index (χ4n) is 2.29. The Hall–Kier alpha value is -1.36. The third-order valence-electron chi connectivity index (χ3n) is 3.71. The first-order chi connectivity index (χ1) is 8.59. The van der Waals surface area contributed by atoms with Crippen molar-refractivity contribution in [2.45, 2.75) is 19.8 Å². The molecule has 0 bridgehead atoms. The molecule has 0 unspecified atom stereocenters. The molecule has 1 N–H and O–H groups in total. The number of likely N-dealkylation sites (N-methyl/N-ethyl adjacent to an activating group) is 1. The highest BCUT2D eigenvalue weighted by Gasteiger charge is 2.23. The molecule has 0 aliphatic carbocycles.